The number of amides is 1. The second kappa shape index (κ2) is 12.8. The van der Waals surface area contributed by atoms with Crippen molar-refractivity contribution in [3.8, 4) is 16.9 Å². The number of ether oxygens (including phenoxy) is 1. The zero-order valence-electron chi connectivity index (χ0n) is 22.3. The predicted octanol–water partition coefficient (Wildman–Crippen LogP) is 7.71. The van der Waals surface area contributed by atoms with Crippen LogP contribution in [0.1, 0.15) is 74.0 Å². The molecule has 0 fully saturated rings. The average molecular weight is 542 g/mol. The molecule has 3 rings (SSSR count). The Morgan fingerprint density at radius 2 is 1.44 bits per heavy atom. The number of hydrogen-bond donors (Lipinski definition) is 2. The quantitative estimate of drug-likeness (QED) is 0.261. The summed E-state index contributed by atoms with van der Waals surface area (Å²) in [6, 6.07) is 22.2. The Hall–Kier alpha value is -3.81. The summed E-state index contributed by atoms with van der Waals surface area (Å²) < 4.78 is 44.5. The predicted molar refractivity (Wildman–Crippen MR) is 145 cm³/mol. The number of carbonyl (C=O) groups excluding carboxylic acids is 1. The highest BCUT2D eigenvalue weighted by Gasteiger charge is 2.27. The SMILES string of the molecule is CC(C)(C)c1ccc(-c2ccc(OC(CCCC(F)(F)F)c3ccc(C(=O)NCCC(=O)O)cc3)cc2)cc1. The maximum absolute atomic E-state index is 12.8. The molecule has 0 bridgehead atoms. The molecule has 1 amide bonds. The molecule has 8 heteroatoms. The maximum Gasteiger partial charge on any atom is 0.389 e. The monoisotopic (exact) mass is 541 g/mol. The third kappa shape index (κ3) is 9.46. The van der Waals surface area contributed by atoms with Gasteiger partial charge in [-0.25, -0.2) is 0 Å². The fraction of sp³-hybridized carbons (Fsp3) is 0.355. The lowest BCUT2D eigenvalue weighted by Gasteiger charge is -2.21. The molecular weight excluding hydrogens is 507 g/mol. The molecule has 0 saturated heterocycles. The average Bonchev–Trinajstić information content (AvgIpc) is 2.87. The van der Waals surface area contributed by atoms with Crippen molar-refractivity contribution in [2.75, 3.05) is 6.54 Å². The molecule has 1 unspecified atom stereocenters. The highest BCUT2D eigenvalue weighted by Crippen LogP contribution is 2.32. The highest BCUT2D eigenvalue weighted by molar-refractivity contribution is 5.94. The minimum Gasteiger partial charge on any atom is -0.486 e. The largest absolute Gasteiger partial charge is 0.486 e. The number of rotatable bonds is 11. The van der Waals surface area contributed by atoms with Crippen LogP contribution in [0.4, 0.5) is 13.2 Å². The van der Waals surface area contributed by atoms with Crippen molar-refractivity contribution < 1.29 is 32.6 Å². The summed E-state index contributed by atoms with van der Waals surface area (Å²) in [4.78, 5) is 22.9. The van der Waals surface area contributed by atoms with E-state index in [1.165, 1.54) is 5.56 Å². The van der Waals surface area contributed by atoms with Gasteiger partial charge in [-0.05, 0) is 64.8 Å². The number of carboxylic acid groups (broad SMARTS) is 1. The van der Waals surface area contributed by atoms with E-state index >= 15 is 0 Å². The van der Waals surface area contributed by atoms with Gasteiger partial charge in [-0.2, -0.15) is 13.2 Å². The van der Waals surface area contributed by atoms with Gasteiger partial charge in [0.05, 0.1) is 6.42 Å². The van der Waals surface area contributed by atoms with E-state index in [0.29, 0.717) is 16.9 Å². The Labute approximate surface area is 227 Å². The summed E-state index contributed by atoms with van der Waals surface area (Å²) in [6.45, 7) is 6.47. The van der Waals surface area contributed by atoms with Gasteiger partial charge in [0.2, 0.25) is 0 Å². The zero-order chi connectivity index (χ0) is 28.6. The van der Waals surface area contributed by atoms with E-state index in [-0.39, 0.29) is 31.2 Å². The number of hydrogen-bond acceptors (Lipinski definition) is 3. The Morgan fingerprint density at radius 1 is 0.872 bits per heavy atom. The first-order valence-corrected chi connectivity index (χ1v) is 12.9. The highest BCUT2D eigenvalue weighted by atomic mass is 19.4. The number of carboxylic acids is 1. The fourth-order valence-electron chi connectivity index (χ4n) is 4.07. The van der Waals surface area contributed by atoms with Gasteiger partial charge >= 0.3 is 12.1 Å². The Bertz CT molecular complexity index is 1230. The van der Waals surface area contributed by atoms with Gasteiger partial charge in [0, 0.05) is 18.5 Å². The molecule has 0 spiro atoms. The summed E-state index contributed by atoms with van der Waals surface area (Å²) in [5.41, 5.74) is 4.29. The van der Waals surface area contributed by atoms with Crippen molar-refractivity contribution in [2.24, 2.45) is 0 Å². The molecule has 0 aliphatic heterocycles. The van der Waals surface area contributed by atoms with Gasteiger partial charge < -0.3 is 15.2 Å². The minimum absolute atomic E-state index is 0.00414. The molecule has 0 aliphatic rings. The molecule has 3 aromatic carbocycles. The number of halogens is 3. The van der Waals surface area contributed by atoms with Gasteiger partial charge in [0.15, 0.2) is 0 Å². The van der Waals surface area contributed by atoms with Crippen LogP contribution in [-0.4, -0.2) is 29.7 Å². The number of carbonyl (C=O) groups is 2. The van der Waals surface area contributed by atoms with Gasteiger partial charge in [-0.15, -0.1) is 0 Å². The molecule has 208 valence electrons. The molecular formula is C31H34F3NO4. The van der Waals surface area contributed by atoms with E-state index in [1.807, 2.05) is 12.1 Å². The van der Waals surface area contributed by atoms with Gasteiger partial charge in [0.25, 0.3) is 5.91 Å². The first kappa shape index (κ1) is 29.7. The van der Waals surface area contributed by atoms with Gasteiger partial charge in [0.1, 0.15) is 11.9 Å². The van der Waals surface area contributed by atoms with Crippen LogP contribution in [0, 0.1) is 0 Å². The molecule has 1 atom stereocenters. The van der Waals surface area contributed by atoms with Crippen LogP contribution in [0.15, 0.2) is 72.8 Å². The number of aliphatic carboxylic acids is 1. The van der Waals surface area contributed by atoms with Crippen LogP contribution < -0.4 is 10.1 Å². The Balaban J connectivity index is 1.73. The second-order valence-electron chi connectivity index (χ2n) is 10.5. The normalized spacial score (nSPS) is 12.6. The molecule has 0 saturated carbocycles. The Morgan fingerprint density at radius 3 is 1.95 bits per heavy atom. The van der Waals surface area contributed by atoms with Crippen LogP contribution in [0.25, 0.3) is 11.1 Å². The molecule has 5 nitrogen and oxygen atoms in total. The number of nitrogens with one attached hydrogen (secondary N) is 1. The smallest absolute Gasteiger partial charge is 0.389 e. The topological polar surface area (TPSA) is 75.6 Å². The molecule has 39 heavy (non-hydrogen) atoms. The minimum atomic E-state index is -4.26. The first-order valence-electron chi connectivity index (χ1n) is 12.9. The lowest BCUT2D eigenvalue weighted by Crippen LogP contribution is -2.26. The summed E-state index contributed by atoms with van der Waals surface area (Å²) >= 11 is 0. The van der Waals surface area contributed by atoms with Crippen LogP contribution in [0.2, 0.25) is 0 Å². The van der Waals surface area contributed by atoms with E-state index in [2.05, 4.69) is 50.4 Å². The molecule has 0 heterocycles. The molecule has 0 aliphatic carbocycles. The third-order valence-corrected chi connectivity index (χ3v) is 6.31. The van der Waals surface area contributed by atoms with E-state index in [0.717, 1.165) is 11.1 Å². The molecule has 0 radical (unpaired) electrons. The Kier molecular flexibility index (Phi) is 9.78. The van der Waals surface area contributed by atoms with E-state index in [9.17, 15) is 22.8 Å². The van der Waals surface area contributed by atoms with Crippen LogP contribution >= 0.6 is 0 Å². The van der Waals surface area contributed by atoms with Crippen LogP contribution in [0.3, 0.4) is 0 Å². The van der Waals surface area contributed by atoms with Crippen molar-refractivity contribution in [3.63, 3.8) is 0 Å². The molecule has 3 aromatic rings. The molecule has 0 aromatic heterocycles. The number of alkyl halides is 3. The van der Waals surface area contributed by atoms with E-state index in [1.54, 1.807) is 36.4 Å². The van der Waals surface area contributed by atoms with Crippen molar-refractivity contribution >= 4 is 11.9 Å². The van der Waals surface area contributed by atoms with E-state index < -0.39 is 30.6 Å². The van der Waals surface area contributed by atoms with Crippen molar-refractivity contribution in [1.82, 2.24) is 5.32 Å². The summed E-state index contributed by atoms with van der Waals surface area (Å²) in [6.07, 6.45) is -5.98. The van der Waals surface area contributed by atoms with Crippen molar-refractivity contribution in [2.45, 2.75) is 64.1 Å². The maximum atomic E-state index is 12.8. The van der Waals surface area contributed by atoms with Crippen molar-refractivity contribution in [3.05, 3.63) is 89.5 Å². The van der Waals surface area contributed by atoms with Crippen molar-refractivity contribution in [1.29, 1.82) is 0 Å². The van der Waals surface area contributed by atoms with Crippen LogP contribution in [-0.2, 0) is 10.2 Å². The second-order valence-corrected chi connectivity index (χ2v) is 10.5. The standard InChI is InChI=1S/C31H34F3NO4/c1-30(2,3)25-14-10-21(11-15-25)22-12-16-26(17-13-22)39-27(5-4-19-31(32,33)34)23-6-8-24(9-7-23)29(38)35-20-18-28(36)37/h6-17,27H,4-5,18-20H2,1-3H3,(H,35,38)(H,36,37). The molecule has 2 N–H and O–H groups in total. The van der Waals surface area contributed by atoms with Gasteiger partial charge in [-0.3, -0.25) is 9.59 Å². The summed E-state index contributed by atoms with van der Waals surface area (Å²) in [7, 11) is 0. The first-order chi connectivity index (χ1) is 18.3. The third-order valence-electron chi connectivity index (χ3n) is 6.31. The van der Waals surface area contributed by atoms with Crippen LogP contribution in [0.5, 0.6) is 5.75 Å². The number of benzene rings is 3. The lowest BCUT2D eigenvalue weighted by molar-refractivity contribution is -0.137. The fourth-order valence-corrected chi connectivity index (χ4v) is 4.07. The summed E-state index contributed by atoms with van der Waals surface area (Å²) in [5, 5.41) is 11.2. The zero-order valence-corrected chi connectivity index (χ0v) is 22.3. The van der Waals surface area contributed by atoms with Gasteiger partial charge in [-0.1, -0.05) is 69.3 Å². The van der Waals surface area contributed by atoms with E-state index in [4.69, 9.17) is 9.84 Å². The summed E-state index contributed by atoms with van der Waals surface area (Å²) in [5.74, 6) is -0.919. The lowest BCUT2D eigenvalue weighted by atomic mass is 9.86.